The molecule has 0 radical (unpaired) electrons. The second-order valence-electron chi connectivity index (χ2n) is 3.39. The van der Waals surface area contributed by atoms with E-state index in [0.29, 0.717) is 0 Å². The Balaban J connectivity index is 0. The van der Waals surface area contributed by atoms with Crippen molar-refractivity contribution in [3.05, 3.63) is 18.5 Å². The summed E-state index contributed by atoms with van der Waals surface area (Å²) in [5.74, 6) is 0.864. The van der Waals surface area contributed by atoms with Crippen LogP contribution in [0.5, 0.6) is 0 Å². The van der Waals surface area contributed by atoms with E-state index >= 15 is 0 Å². The maximum atomic E-state index is 4.27. The fourth-order valence-corrected chi connectivity index (χ4v) is 1.39. The van der Waals surface area contributed by atoms with Crippen LogP contribution in [0.3, 0.4) is 0 Å². The first kappa shape index (κ1) is 19.2. The van der Waals surface area contributed by atoms with Crippen LogP contribution in [-0.4, -0.2) is 23.1 Å². The molecule has 106 valence electrons. The maximum absolute atomic E-state index is 4.27. The summed E-state index contributed by atoms with van der Waals surface area (Å²) in [6.45, 7) is 14.5. The Kier molecular flexibility index (Phi) is 17.0. The van der Waals surface area contributed by atoms with Crippen LogP contribution in [0, 0.1) is 0 Å². The molecule has 1 heterocycles. The standard InChI is InChI=1S/C11H19N3.2C2H6/c1-3-5-10-14(9-4-2)11-12-7-6-8-13-11;2*1-2/h6-8H,3-5,9-10H2,1-2H3;2*1-2H3. The highest BCUT2D eigenvalue weighted by Gasteiger charge is 2.05. The summed E-state index contributed by atoms with van der Waals surface area (Å²) < 4.78 is 0. The summed E-state index contributed by atoms with van der Waals surface area (Å²) in [6.07, 6.45) is 7.17. The highest BCUT2D eigenvalue weighted by atomic mass is 15.2. The molecule has 0 saturated carbocycles. The van der Waals surface area contributed by atoms with Crippen LogP contribution in [0.25, 0.3) is 0 Å². The fraction of sp³-hybridized carbons (Fsp3) is 0.733. The maximum Gasteiger partial charge on any atom is 0.225 e. The van der Waals surface area contributed by atoms with Gasteiger partial charge in [-0.05, 0) is 18.9 Å². The molecule has 0 aliphatic carbocycles. The van der Waals surface area contributed by atoms with Crippen LogP contribution >= 0.6 is 0 Å². The molecule has 0 aromatic carbocycles. The summed E-state index contributed by atoms with van der Waals surface area (Å²) in [5, 5.41) is 0. The van der Waals surface area contributed by atoms with Crippen molar-refractivity contribution in [2.45, 2.75) is 60.8 Å². The first-order valence-corrected chi connectivity index (χ1v) is 7.40. The summed E-state index contributed by atoms with van der Waals surface area (Å²) in [7, 11) is 0. The van der Waals surface area contributed by atoms with Crippen LogP contribution < -0.4 is 4.90 Å². The van der Waals surface area contributed by atoms with E-state index in [1.165, 1.54) is 12.8 Å². The van der Waals surface area contributed by atoms with Crippen LogP contribution in [-0.2, 0) is 0 Å². The van der Waals surface area contributed by atoms with Crippen molar-refractivity contribution in [1.82, 2.24) is 9.97 Å². The van der Waals surface area contributed by atoms with Crippen molar-refractivity contribution in [2.24, 2.45) is 0 Å². The van der Waals surface area contributed by atoms with Gasteiger partial charge in [-0.2, -0.15) is 0 Å². The molecular weight excluding hydrogens is 222 g/mol. The molecule has 0 fully saturated rings. The van der Waals surface area contributed by atoms with Gasteiger partial charge in [-0.1, -0.05) is 48.0 Å². The summed E-state index contributed by atoms with van der Waals surface area (Å²) in [6, 6.07) is 1.85. The van der Waals surface area contributed by atoms with E-state index < -0.39 is 0 Å². The SMILES string of the molecule is CC.CC.CCCCN(CCC)c1ncccn1. The Morgan fingerprint density at radius 3 is 1.89 bits per heavy atom. The number of hydrogen-bond acceptors (Lipinski definition) is 3. The lowest BCUT2D eigenvalue weighted by molar-refractivity contribution is 0.686. The van der Waals surface area contributed by atoms with E-state index in [0.717, 1.165) is 25.5 Å². The van der Waals surface area contributed by atoms with Crippen LogP contribution in [0.2, 0.25) is 0 Å². The van der Waals surface area contributed by atoms with Gasteiger partial charge in [0.05, 0.1) is 0 Å². The van der Waals surface area contributed by atoms with E-state index in [4.69, 9.17) is 0 Å². The smallest absolute Gasteiger partial charge is 0.225 e. The molecule has 0 amide bonds. The van der Waals surface area contributed by atoms with Crippen molar-refractivity contribution in [3.63, 3.8) is 0 Å². The first-order valence-electron chi connectivity index (χ1n) is 7.40. The zero-order valence-electron chi connectivity index (χ0n) is 13.1. The molecule has 0 N–H and O–H groups in total. The lowest BCUT2D eigenvalue weighted by Gasteiger charge is -2.21. The number of hydrogen-bond donors (Lipinski definition) is 0. The number of anilines is 1. The van der Waals surface area contributed by atoms with E-state index in [2.05, 4.69) is 28.7 Å². The lowest BCUT2D eigenvalue weighted by atomic mass is 10.3. The minimum Gasteiger partial charge on any atom is -0.341 e. The van der Waals surface area contributed by atoms with Crippen molar-refractivity contribution in [3.8, 4) is 0 Å². The second-order valence-corrected chi connectivity index (χ2v) is 3.39. The zero-order valence-corrected chi connectivity index (χ0v) is 13.1. The van der Waals surface area contributed by atoms with Gasteiger partial charge < -0.3 is 4.90 Å². The molecule has 1 aromatic rings. The molecule has 0 unspecified atom stereocenters. The van der Waals surface area contributed by atoms with Gasteiger partial charge in [0.25, 0.3) is 0 Å². The van der Waals surface area contributed by atoms with Gasteiger partial charge in [0.2, 0.25) is 5.95 Å². The summed E-state index contributed by atoms with van der Waals surface area (Å²) >= 11 is 0. The summed E-state index contributed by atoms with van der Waals surface area (Å²) in [5.41, 5.74) is 0. The van der Waals surface area contributed by atoms with Crippen molar-refractivity contribution >= 4 is 5.95 Å². The van der Waals surface area contributed by atoms with Crippen molar-refractivity contribution < 1.29 is 0 Å². The Morgan fingerprint density at radius 1 is 0.889 bits per heavy atom. The third kappa shape index (κ3) is 8.97. The van der Waals surface area contributed by atoms with Crippen molar-refractivity contribution in [1.29, 1.82) is 0 Å². The lowest BCUT2D eigenvalue weighted by Crippen LogP contribution is -2.26. The molecular formula is C15H31N3. The number of nitrogens with zero attached hydrogens (tertiary/aromatic N) is 3. The third-order valence-electron chi connectivity index (χ3n) is 2.11. The molecule has 0 aliphatic heterocycles. The van der Waals surface area contributed by atoms with Gasteiger partial charge in [0.1, 0.15) is 0 Å². The minimum absolute atomic E-state index is 0.864. The van der Waals surface area contributed by atoms with Gasteiger partial charge in [0, 0.05) is 25.5 Å². The van der Waals surface area contributed by atoms with E-state index in [9.17, 15) is 0 Å². The normalized spacial score (nSPS) is 8.56. The molecule has 1 rings (SSSR count). The summed E-state index contributed by atoms with van der Waals surface area (Å²) in [4.78, 5) is 10.8. The van der Waals surface area contributed by atoms with Gasteiger partial charge >= 0.3 is 0 Å². The predicted octanol–water partition coefficient (Wildman–Crippen LogP) is 4.55. The zero-order chi connectivity index (χ0) is 14.2. The molecule has 0 bridgehead atoms. The first-order chi connectivity index (χ1) is 8.88. The second kappa shape index (κ2) is 15.9. The van der Waals surface area contributed by atoms with E-state index in [1.54, 1.807) is 12.4 Å². The molecule has 3 nitrogen and oxygen atoms in total. The quantitative estimate of drug-likeness (QED) is 0.745. The Hall–Kier alpha value is -1.12. The topological polar surface area (TPSA) is 29.0 Å². The molecule has 0 aliphatic rings. The number of rotatable bonds is 6. The number of aromatic nitrogens is 2. The largest absolute Gasteiger partial charge is 0.341 e. The van der Waals surface area contributed by atoms with Gasteiger partial charge in [-0.3, -0.25) is 0 Å². The molecule has 1 aromatic heterocycles. The van der Waals surface area contributed by atoms with Crippen LogP contribution in [0.4, 0.5) is 5.95 Å². The molecule has 0 saturated heterocycles. The van der Waals surface area contributed by atoms with Crippen LogP contribution in [0.1, 0.15) is 60.8 Å². The highest BCUT2D eigenvalue weighted by molar-refractivity contribution is 5.27. The van der Waals surface area contributed by atoms with E-state index in [1.807, 2.05) is 33.8 Å². The van der Waals surface area contributed by atoms with Crippen molar-refractivity contribution in [2.75, 3.05) is 18.0 Å². The average Bonchev–Trinajstić information content (AvgIpc) is 2.48. The molecule has 0 spiro atoms. The number of unbranched alkanes of at least 4 members (excludes halogenated alkanes) is 1. The van der Waals surface area contributed by atoms with Gasteiger partial charge in [0.15, 0.2) is 0 Å². The van der Waals surface area contributed by atoms with Gasteiger partial charge in [-0.25, -0.2) is 9.97 Å². The fourth-order valence-electron chi connectivity index (χ4n) is 1.39. The third-order valence-corrected chi connectivity index (χ3v) is 2.11. The predicted molar refractivity (Wildman–Crippen MR) is 82.1 cm³/mol. The molecule has 0 atom stereocenters. The Bertz CT molecular complexity index is 237. The molecule has 18 heavy (non-hydrogen) atoms. The van der Waals surface area contributed by atoms with Gasteiger partial charge in [-0.15, -0.1) is 0 Å². The Morgan fingerprint density at radius 2 is 1.44 bits per heavy atom. The monoisotopic (exact) mass is 253 g/mol. The Labute approximate surface area is 114 Å². The minimum atomic E-state index is 0.864. The van der Waals surface area contributed by atoms with Crippen LogP contribution in [0.15, 0.2) is 18.5 Å². The highest BCUT2D eigenvalue weighted by Crippen LogP contribution is 2.07. The van der Waals surface area contributed by atoms with E-state index in [-0.39, 0.29) is 0 Å². The average molecular weight is 253 g/mol. The molecule has 3 heteroatoms.